The number of carbonyl (C=O) groups is 2. The van der Waals surface area contributed by atoms with Crippen LogP contribution < -0.4 is 0 Å². The molecule has 0 saturated heterocycles. The molecule has 0 bridgehead atoms. The highest BCUT2D eigenvalue weighted by atomic mass is 16.6. The summed E-state index contributed by atoms with van der Waals surface area (Å²) in [5, 5.41) is 27.6. The highest BCUT2D eigenvalue weighted by Crippen LogP contribution is 2.13. The van der Waals surface area contributed by atoms with Gasteiger partial charge in [0, 0.05) is 6.42 Å². The van der Waals surface area contributed by atoms with Crippen LogP contribution in [-0.4, -0.2) is 52.5 Å². The molecule has 0 saturated carbocycles. The van der Waals surface area contributed by atoms with E-state index in [9.17, 15) is 19.8 Å². The number of hydrogen-bond donors (Lipinski definition) is 3. The summed E-state index contributed by atoms with van der Waals surface area (Å²) >= 11 is 0. The van der Waals surface area contributed by atoms with Crippen LogP contribution in [-0.2, 0) is 14.3 Å². The zero-order chi connectivity index (χ0) is 20.3. The van der Waals surface area contributed by atoms with E-state index in [1.165, 1.54) is 64.2 Å². The van der Waals surface area contributed by atoms with Crippen molar-refractivity contribution in [3.8, 4) is 0 Å². The molecule has 3 N–H and O–H groups in total. The van der Waals surface area contributed by atoms with Gasteiger partial charge in [-0.3, -0.25) is 9.59 Å². The molecule has 0 aromatic heterocycles. The molecule has 6 nitrogen and oxygen atoms in total. The Labute approximate surface area is 164 Å². The van der Waals surface area contributed by atoms with Crippen LogP contribution in [0.25, 0.3) is 0 Å². The summed E-state index contributed by atoms with van der Waals surface area (Å²) in [6.45, 7) is 1.53. The zero-order valence-corrected chi connectivity index (χ0v) is 17.0. The lowest BCUT2D eigenvalue weighted by atomic mass is 10.0. The summed E-state index contributed by atoms with van der Waals surface area (Å²) in [7, 11) is 0. The Morgan fingerprint density at radius 3 is 1.70 bits per heavy atom. The fourth-order valence-corrected chi connectivity index (χ4v) is 3.00. The predicted molar refractivity (Wildman–Crippen MR) is 105 cm³/mol. The summed E-state index contributed by atoms with van der Waals surface area (Å²) in [4.78, 5) is 22.6. The van der Waals surface area contributed by atoms with Crippen LogP contribution in [0.15, 0.2) is 0 Å². The van der Waals surface area contributed by atoms with Gasteiger partial charge in [-0.15, -0.1) is 0 Å². The van der Waals surface area contributed by atoms with E-state index in [0.29, 0.717) is 6.42 Å². The van der Waals surface area contributed by atoms with Gasteiger partial charge < -0.3 is 20.1 Å². The van der Waals surface area contributed by atoms with Gasteiger partial charge >= 0.3 is 5.97 Å². The summed E-state index contributed by atoms with van der Waals surface area (Å²) in [6, 6.07) is 0. The Kier molecular flexibility index (Phi) is 17.7. The van der Waals surface area contributed by atoms with Crippen molar-refractivity contribution in [3.63, 3.8) is 0 Å². The Hall–Kier alpha value is -0.980. The first kappa shape index (κ1) is 26.0. The van der Waals surface area contributed by atoms with Crippen LogP contribution in [0.5, 0.6) is 0 Å². The highest BCUT2D eigenvalue weighted by molar-refractivity contribution is 5.72. The second-order valence-electron chi connectivity index (χ2n) is 7.32. The maximum absolute atomic E-state index is 11.7. The molecule has 0 unspecified atom stereocenters. The van der Waals surface area contributed by atoms with E-state index in [1.54, 1.807) is 0 Å². The van der Waals surface area contributed by atoms with E-state index >= 15 is 0 Å². The van der Waals surface area contributed by atoms with Crippen LogP contribution in [0.3, 0.4) is 0 Å². The smallest absolute Gasteiger partial charge is 0.306 e. The van der Waals surface area contributed by atoms with Crippen molar-refractivity contribution in [1.29, 1.82) is 0 Å². The third-order valence-electron chi connectivity index (χ3n) is 4.80. The number of aldehydes is 1. The molecule has 0 spiro atoms. The van der Waals surface area contributed by atoms with Crippen molar-refractivity contribution in [1.82, 2.24) is 0 Å². The lowest BCUT2D eigenvalue weighted by molar-refractivity contribution is -0.163. The van der Waals surface area contributed by atoms with Crippen molar-refractivity contribution >= 4 is 12.3 Å². The monoisotopic (exact) mass is 388 g/mol. The van der Waals surface area contributed by atoms with Gasteiger partial charge in [0.25, 0.3) is 0 Å². The molecule has 0 rings (SSSR count). The SMILES string of the molecule is CCCCCCCCCCCCCCCC(=O)O[C@@H](C=O)[C@@H](O)[C@H](O)CO. The molecule has 0 radical (unpaired) electrons. The molecule has 3 atom stereocenters. The van der Waals surface area contributed by atoms with E-state index in [1.807, 2.05) is 0 Å². The molecule has 27 heavy (non-hydrogen) atoms. The fourth-order valence-electron chi connectivity index (χ4n) is 3.00. The van der Waals surface area contributed by atoms with Gasteiger partial charge in [-0.1, -0.05) is 84.0 Å². The minimum absolute atomic E-state index is 0.185. The summed E-state index contributed by atoms with van der Waals surface area (Å²) in [5.74, 6) is -0.570. The number of unbranched alkanes of at least 4 members (excludes halogenated alkanes) is 12. The first-order valence-corrected chi connectivity index (χ1v) is 10.7. The van der Waals surface area contributed by atoms with Crippen LogP contribution in [0.4, 0.5) is 0 Å². The summed E-state index contributed by atoms with van der Waals surface area (Å²) < 4.78 is 4.86. The number of aliphatic hydroxyl groups excluding tert-OH is 3. The van der Waals surface area contributed by atoms with Crippen molar-refractivity contribution in [2.75, 3.05) is 6.61 Å². The van der Waals surface area contributed by atoms with Crippen molar-refractivity contribution in [3.05, 3.63) is 0 Å². The maximum Gasteiger partial charge on any atom is 0.306 e. The summed E-state index contributed by atoms with van der Waals surface area (Å²) in [5.41, 5.74) is 0. The number of carbonyl (C=O) groups excluding carboxylic acids is 2. The van der Waals surface area contributed by atoms with Crippen LogP contribution in [0.2, 0.25) is 0 Å². The lowest BCUT2D eigenvalue weighted by Gasteiger charge is -2.21. The van der Waals surface area contributed by atoms with Gasteiger partial charge in [0.15, 0.2) is 12.4 Å². The van der Waals surface area contributed by atoms with Crippen LogP contribution in [0.1, 0.15) is 96.8 Å². The normalized spacial score (nSPS) is 14.5. The zero-order valence-electron chi connectivity index (χ0n) is 17.0. The largest absolute Gasteiger partial charge is 0.452 e. The predicted octanol–water partition coefficient (Wildman–Crippen LogP) is 3.29. The summed E-state index contributed by atoms with van der Waals surface area (Å²) in [6.07, 6.45) is 11.7. The molecule has 0 heterocycles. The molecule has 0 aliphatic rings. The molecule has 6 heteroatoms. The Morgan fingerprint density at radius 1 is 0.852 bits per heavy atom. The van der Waals surface area contributed by atoms with Gasteiger partial charge in [0.05, 0.1) is 6.61 Å². The minimum atomic E-state index is -1.61. The molecular formula is C21H40O6. The fraction of sp³-hybridized carbons (Fsp3) is 0.905. The molecule has 160 valence electrons. The standard InChI is InChI=1S/C21H40O6/c1-2-3-4-5-6-7-8-9-10-11-12-13-14-15-20(25)27-19(17-23)21(26)18(24)16-22/h17-19,21-22,24,26H,2-16H2,1H3/t18-,19+,21+/m1/s1. The molecule has 0 aromatic rings. The highest BCUT2D eigenvalue weighted by Gasteiger charge is 2.28. The first-order valence-electron chi connectivity index (χ1n) is 10.7. The van der Waals surface area contributed by atoms with E-state index in [-0.39, 0.29) is 12.7 Å². The van der Waals surface area contributed by atoms with E-state index < -0.39 is 30.9 Å². The Morgan fingerprint density at radius 2 is 1.30 bits per heavy atom. The molecule has 0 aliphatic heterocycles. The number of hydrogen-bond acceptors (Lipinski definition) is 6. The second kappa shape index (κ2) is 18.4. The minimum Gasteiger partial charge on any atom is -0.452 e. The third kappa shape index (κ3) is 14.7. The quantitative estimate of drug-likeness (QED) is 0.178. The topological polar surface area (TPSA) is 104 Å². The van der Waals surface area contributed by atoms with E-state index in [4.69, 9.17) is 9.84 Å². The third-order valence-corrected chi connectivity index (χ3v) is 4.80. The number of aliphatic hydroxyl groups is 3. The molecule has 0 aliphatic carbocycles. The second-order valence-corrected chi connectivity index (χ2v) is 7.32. The van der Waals surface area contributed by atoms with Gasteiger partial charge in [0.2, 0.25) is 0 Å². The molecule has 0 amide bonds. The number of rotatable bonds is 19. The average Bonchev–Trinajstić information content (AvgIpc) is 2.68. The van der Waals surface area contributed by atoms with E-state index in [0.717, 1.165) is 12.8 Å². The molecule has 0 fully saturated rings. The van der Waals surface area contributed by atoms with Crippen molar-refractivity contribution in [2.45, 2.75) is 115 Å². The first-order chi connectivity index (χ1) is 13.1. The van der Waals surface area contributed by atoms with Gasteiger partial charge in [-0.05, 0) is 6.42 Å². The van der Waals surface area contributed by atoms with Gasteiger partial charge in [0.1, 0.15) is 12.2 Å². The lowest BCUT2D eigenvalue weighted by Crippen LogP contribution is -2.42. The Bertz CT molecular complexity index is 361. The van der Waals surface area contributed by atoms with Gasteiger partial charge in [-0.25, -0.2) is 0 Å². The maximum atomic E-state index is 11.7. The molecular weight excluding hydrogens is 348 g/mol. The van der Waals surface area contributed by atoms with Crippen LogP contribution in [0, 0.1) is 0 Å². The average molecular weight is 389 g/mol. The van der Waals surface area contributed by atoms with Crippen molar-refractivity contribution in [2.24, 2.45) is 0 Å². The molecule has 0 aromatic carbocycles. The van der Waals surface area contributed by atoms with Crippen molar-refractivity contribution < 1.29 is 29.6 Å². The van der Waals surface area contributed by atoms with Crippen LogP contribution >= 0.6 is 0 Å². The van der Waals surface area contributed by atoms with E-state index in [2.05, 4.69) is 6.92 Å². The number of esters is 1. The van der Waals surface area contributed by atoms with Gasteiger partial charge in [-0.2, -0.15) is 0 Å². The number of ether oxygens (including phenoxy) is 1. The Balaban J connectivity index is 3.54.